The number of esters is 1. The van der Waals surface area contributed by atoms with E-state index in [1.807, 2.05) is 0 Å². The lowest BCUT2D eigenvalue weighted by molar-refractivity contribution is 0.0600. The number of amides is 2. The SMILES string of the molecule is C=CCNC(=O)NCc1ccc(C(=O)OC)cc1. The lowest BCUT2D eigenvalue weighted by atomic mass is 10.1. The van der Waals surface area contributed by atoms with Gasteiger partial charge in [-0.2, -0.15) is 0 Å². The van der Waals surface area contributed by atoms with Gasteiger partial charge in [0.15, 0.2) is 0 Å². The largest absolute Gasteiger partial charge is 0.465 e. The fourth-order valence-corrected chi connectivity index (χ4v) is 1.29. The molecule has 0 fully saturated rings. The van der Waals surface area contributed by atoms with Crippen LogP contribution in [0.5, 0.6) is 0 Å². The first-order valence-electron chi connectivity index (χ1n) is 5.47. The highest BCUT2D eigenvalue weighted by molar-refractivity contribution is 5.89. The third-order valence-electron chi connectivity index (χ3n) is 2.24. The summed E-state index contributed by atoms with van der Waals surface area (Å²) in [5.41, 5.74) is 1.38. The van der Waals surface area contributed by atoms with E-state index in [2.05, 4.69) is 21.9 Å². The third kappa shape index (κ3) is 4.29. The summed E-state index contributed by atoms with van der Waals surface area (Å²) in [7, 11) is 1.34. The van der Waals surface area contributed by atoms with Crippen LogP contribution in [0.3, 0.4) is 0 Å². The van der Waals surface area contributed by atoms with E-state index in [0.29, 0.717) is 18.7 Å². The summed E-state index contributed by atoms with van der Waals surface area (Å²) in [6, 6.07) is 6.58. The summed E-state index contributed by atoms with van der Waals surface area (Å²) in [4.78, 5) is 22.5. The monoisotopic (exact) mass is 248 g/mol. The molecular formula is C13H16N2O3. The van der Waals surface area contributed by atoms with Crippen LogP contribution in [0.2, 0.25) is 0 Å². The van der Waals surface area contributed by atoms with Crippen molar-refractivity contribution in [2.45, 2.75) is 6.54 Å². The zero-order chi connectivity index (χ0) is 13.4. The Morgan fingerprint density at radius 2 is 1.94 bits per heavy atom. The molecule has 0 spiro atoms. The van der Waals surface area contributed by atoms with Gasteiger partial charge in [-0.05, 0) is 17.7 Å². The predicted octanol–water partition coefficient (Wildman–Crippen LogP) is 1.46. The summed E-state index contributed by atoms with van der Waals surface area (Å²) >= 11 is 0. The zero-order valence-electron chi connectivity index (χ0n) is 10.2. The number of carbonyl (C=O) groups is 2. The molecule has 0 atom stereocenters. The van der Waals surface area contributed by atoms with Crippen LogP contribution in [0, 0.1) is 0 Å². The molecule has 0 heterocycles. The summed E-state index contributed by atoms with van der Waals surface area (Å²) in [5.74, 6) is -0.377. The normalized spacial score (nSPS) is 9.39. The molecule has 0 aliphatic rings. The Morgan fingerprint density at radius 1 is 1.28 bits per heavy atom. The van der Waals surface area contributed by atoms with Gasteiger partial charge >= 0.3 is 12.0 Å². The maximum Gasteiger partial charge on any atom is 0.337 e. The number of urea groups is 1. The lowest BCUT2D eigenvalue weighted by Crippen LogP contribution is -2.34. The van der Waals surface area contributed by atoms with E-state index in [1.54, 1.807) is 30.3 Å². The maximum atomic E-state index is 11.3. The first-order valence-corrected chi connectivity index (χ1v) is 5.47. The second-order valence-electron chi connectivity index (χ2n) is 3.54. The summed E-state index contributed by atoms with van der Waals surface area (Å²) < 4.78 is 4.59. The molecular weight excluding hydrogens is 232 g/mol. The lowest BCUT2D eigenvalue weighted by Gasteiger charge is -2.06. The minimum absolute atomic E-state index is 0.257. The number of hydrogen-bond acceptors (Lipinski definition) is 3. The highest BCUT2D eigenvalue weighted by atomic mass is 16.5. The highest BCUT2D eigenvalue weighted by Crippen LogP contribution is 2.05. The van der Waals surface area contributed by atoms with E-state index in [9.17, 15) is 9.59 Å². The summed E-state index contributed by atoms with van der Waals surface area (Å²) in [6.07, 6.45) is 1.60. The first-order chi connectivity index (χ1) is 8.67. The number of benzene rings is 1. The van der Waals surface area contributed by atoms with Crippen LogP contribution in [0.1, 0.15) is 15.9 Å². The Morgan fingerprint density at radius 3 is 2.50 bits per heavy atom. The van der Waals surface area contributed by atoms with Crippen molar-refractivity contribution in [3.05, 3.63) is 48.0 Å². The van der Waals surface area contributed by atoms with Crippen molar-refractivity contribution < 1.29 is 14.3 Å². The van der Waals surface area contributed by atoms with E-state index in [1.165, 1.54) is 7.11 Å². The minimum Gasteiger partial charge on any atom is -0.465 e. The molecule has 5 heteroatoms. The summed E-state index contributed by atoms with van der Waals surface area (Å²) in [6.45, 7) is 4.32. The molecule has 0 aliphatic carbocycles. The predicted molar refractivity (Wildman–Crippen MR) is 68.2 cm³/mol. The molecule has 0 bridgehead atoms. The fourth-order valence-electron chi connectivity index (χ4n) is 1.29. The summed E-state index contributed by atoms with van der Waals surface area (Å²) in [5, 5.41) is 5.28. The van der Waals surface area contributed by atoms with Crippen LogP contribution >= 0.6 is 0 Å². The smallest absolute Gasteiger partial charge is 0.337 e. The maximum absolute atomic E-state index is 11.3. The Hall–Kier alpha value is -2.30. The van der Waals surface area contributed by atoms with Gasteiger partial charge in [0.25, 0.3) is 0 Å². The second-order valence-corrected chi connectivity index (χ2v) is 3.54. The number of nitrogens with one attached hydrogen (secondary N) is 2. The molecule has 2 N–H and O–H groups in total. The molecule has 0 saturated carbocycles. The zero-order valence-corrected chi connectivity index (χ0v) is 10.2. The van der Waals surface area contributed by atoms with Crippen molar-refractivity contribution >= 4 is 12.0 Å². The molecule has 2 amide bonds. The number of carbonyl (C=O) groups excluding carboxylic acids is 2. The van der Waals surface area contributed by atoms with Crippen LogP contribution in [0.15, 0.2) is 36.9 Å². The van der Waals surface area contributed by atoms with E-state index < -0.39 is 0 Å². The van der Waals surface area contributed by atoms with Crippen LogP contribution in [-0.4, -0.2) is 25.7 Å². The van der Waals surface area contributed by atoms with Crippen LogP contribution in [0.4, 0.5) is 4.79 Å². The molecule has 0 aliphatic heterocycles. The van der Waals surface area contributed by atoms with Crippen molar-refractivity contribution in [3.63, 3.8) is 0 Å². The molecule has 1 aromatic carbocycles. The minimum atomic E-state index is -0.377. The fraction of sp³-hybridized carbons (Fsp3) is 0.231. The second kappa shape index (κ2) is 7.11. The molecule has 0 unspecified atom stereocenters. The molecule has 0 saturated heterocycles. The Bertz CT molecular complexity index is 426. The molecule has 1 aromatic rings. The van der Waals surface area contributed by atoms with Gasteiger partial charge in [-0.25, -0.2) is 9.59 Å². The van der Waals surface area contributed by atoms with E-state index in [4.69, 9.17) is 0 Å². The number of hydrogen-bond donors (Lipinski definition) is 2. The molecule has 1 rings (SSSR count). The van der Waals surface area contributed by atoms with Crippen LogP contribution in [-0.2, 0) is 11.3 Å². The van der Waals surface area contributed by atoms with Gasteiger partial charge in [-0.15, -0.1) is 6.58 Å². The van der Waals surface area contributed by atoms with Crippen molar-refractivity contribution in [2.75, 3.05) is 13.7 Å². The van der Waals surface area contributed by atoms with Crippen LogP contribution < -0.4 is 10.6 Å². The Labute approximate surface area is 106 Å². The molecule has 5 nitrogen and oxygen atoms in total. The number of methoxy groups -OCH3 is 1. The van der Waals surface area contributed by atoms with Gasteiger partial charge in [-0.3, -0.25) is 0 Å². The van der Waals surface area contributed by atoms with Crippen molar-refractivity contribution in [1.29, 1.82) is 0 Å². The number of ether oxygens (including phenoxy) is 1. The average molecular weight is 248 g/mol. The molecule has 18 heavy (non-hydrogen) atoms. The Balaban J connectivity index is 2.46. The van der Waals surface area contributed by atoms with Crippen molar-refractivity contribution in [3.8, 4) is 0 Å². The molecule has 96 valence electrons. The number of rotatable bonds is 5. The highest BCUT2D eigenvalue weighted by Gasteiger charge is 2.04. The first kappa shape index (κ1) is 13.8. The molecule has 0 aromatic heterocycles. The van der Waals surface area contributed by atoms with Gasteiger partial charge in [0.05, 0.1) is 12.7 Å². The van der Waals surface area contributed by atoms with Crippen molar-refractivity contribution in [2.24, 2.45) is 0 Å². The molecule has 0 radical (unpaired) electrons. The van der Waals surface area contributed by atoms with Crippen LogP contribution in [0.25, 0.3) is 0 Å². The standard InChI is InChI=1S/C13H16N2O3/c1-3-8-14-13(17)15-9-10-4-6-11(7-5-10)12(16)18-2/h3-7H,1,8-9H2,2H3,(H2,14,15,17). The van der Waals surface area contributed by atoms with Crippen molar-refractivity contribution in [1.82, 2.24) is 10.6 Å². The quantitative estimate of drug-likeness (QED) is 0.612. The Kier molecular flexibility index (Phi) is 5.44. The third-order valence-corrected chi connectivity index (χ3v) is 2.24. The average Bonchev–Trinajstić information content (AvgIpc) is 2.42. The van der Waals surface area contributed by atoms with Gasteiger partial charge in [0, 0.05) is 13.1 Å². The van der Waals surface area contributed by atoms with E-state index in [0.717, 1.165) is 5.56 Å². The van der Waals surface area contributed by atoms with Gasteiger partial charge in [0.1, 0.15) is 0 Å². The van der Waals surface area contributed by atoms with Gasteiger partial charge < -0.3 is 15.4 Å². The van der Waals surface area contributed by atoms with Gasteiger partial charge in [-0.1, -0.05) is 18.2 Å². The van der Waals surface area contributed by atoms with E-state index in [-0.39, 0.29) is 12.0 Å². The topological polar surface area (TPSA) is 67.4 Å². The van der Waals surface area contributed by atoms with E-state index >= 15 is 0 Å². The van der Waals surface area contributed by atoms with Gasteiger partial charge in [0.2, 0.25) is 0 Å².